The molecule has 1 aliphatic rings. The van der Waals surface area contributed by atoms with Crippen molar-refractivity contribution in [1.82, 2.24) is 9.97 Å². The molecule has 2 aromatic rings. The summed E-state index contributed by atoms with van der Waals surface area (Å²) < 4.78 is 0. The minimum Gasteiger partial charge on any atom is -0.351 e. The molecule has 1 saturated carbocycles. The summed E-state index contributed by atoms with van der Waals surface area (Å²) in [5.41, 5.74) is 2.93. The Morgan fingerprint density at radius 3 is 2.68 bits per heavy atom. The maximum atomic E-state index is 6.17. The van der Waals surface area contributed by atoms with E-state index in [1.165, 1.54) is 25.7 Å². The molecule has 1 aliphatic carbocycles. The summed E-state index contributed by atoms with van der Waals surface area (Å²) in [6.07, 6.45) is 4.98. The van der Waals surface area contributed by atoms with Gasteiger partial charge in [0, 0.05) is 28.5 Å². The van der Waals surface area contributed by atoms with Crippen LogP contribution in [0.3, 0.4) is 0 Å². The molecule has 2 N–H and O–H groups in total. The van der Waals surface area contributed by atoms with Gasteiger partial charge in [-0.25, -0.2) is 4.98 Å². The summed E-state index contributed by atoms with van der Waals surface area (Å²) in [6.45, 7) is 3.98. The Hall–Kier alpha value is -1.81. The molecule has 3 rings (SSSR count). The highest BCUT2D eigenvalue weighted by atomic mass is 35.5. The quantitative estimate of drug-likeness (QED) is 0.847. The number of anilines is 3. The van der Waals surface area contributed by atoms with E-state index in [1.54, 1.807) is 0 Å². The van der Waals surface area contributed by atoms with Gasteiger partial charge in [-0.05, 0) is 44.4 Å². The highest BCUT2D eigenvalue weighted by Gasteiger charge is 2.16. The van der Waals surface area contributed by atoms with Gasteiger partial charge in [-0.1, -0.05) is 30.5 Å². The molecule has 22 heavy (non-hydrogen) atoms. The van der Waals surface area contributed by atoms with Crippen molar-refractivity contribution in [1.29, 1.82) is 0 Å². The predicted octanol–water partition coefficient (Wildman–Crippen LogP) is 4.84. The summed E-state index contributed by atoms with van der Waals surface area (Å²) in [6, 6.07) is 8.27. The molecule has 4 nitrogen and oxygen atoms in total. The van der Waals surface area contributed by atoms with Gasteiger partial charge in [-0.3, -0.25) is 0 Å². The Labute approximate surface area is 136 Å². The molecule has 0 amide bonds. The zero-order valence-electron chi connectivity index (χ0n) is 13.0. The SMILES string of the molecule is Cc1cc(Nc2cccc(Cl)c2C)nc(NC2CCCC2)n1. The lowest BCUT2D eigenvalue weighted by atomic mass is 10.2. The fraction of sp³-hybridized carbons (Fsp3) is 0.412. The first-order valence-corrected chi connectivity index (χ1v) is 8.14. The molecule has 1 fully saturated rings. The molecule has 0 spiro atoms. The summed E-state index contributed by atoms with van der Waals surface area (Å²) in [5.74, 6) is 1.49. The van der Waals surface area contributed by atoms with Crippen LogP contribution in [0.5, 0.6) is 0 Å². The Balaban J connectivity index is 1.81. The second kappa shape index (κ2) is 6.53. The van der Waals surface area contributed by atoms with Crippen molar-refractivity contribution in [3.05, 3.63) is 40.5 Å². The molecular formula is C17H21ClN4. The van der Waals surface area contributed by atoms with Crippen LogP contribution in [0.15, 0.2) is 24.3 Å². The van der Waals surface area contributed by atoms with Gasteiger partial charge in [-0.2, -0.15) is 4.98 Å². The van der Waals surface area contributed by atoms with Gasteiger partial charge in [0.15, 0.2) is 0 Å². The zero-order valence-corrected chi connectivity index (χ0v) is 13.7. The monoisotopic (exact) mass is 316 g/mol. The lowest BCUT2D eigenvalue weighted by molar-refractivity contribution is 0.743. The standard InChI is InChI=1S/C17H21ClN4/c1-11-10-16(21-15-9-5-8-14(18)12(15)2)22-17(19-11)20-13-6-3-4-7-13/h5,8-10,13H,3-4,6-7H2,1-2H3,(H2,19,20,21,22). The lowest BCUT2D eigenvalue weighted by Gasteiger charge is -2.15. The van der Waals surface area contributed by atoms with Gasteiger partial charge in [0.2, 0.25) is 5.95 Å². The average molecular weight is 317 g/mol. The van der Waals surface area contributed by atoms with Crippen molar-refractivity contribution in [3.8, 4) is 0 Å². The zero-order chi connectivity index (χ0) is 15.5. The summed E-state index contributed by atoms with van der Waals surface area (Å²) >= 11 is 6.17. The summed E-state index contributed by atoms with van der Waals surface area (Å²) in [4.78, 5) is 9.08. The molecule has 0 saturated heterocycles. The fourth-order valence-corrected chi connectivity index (χ4v) is 3.01. The van der Waals surface area contributed by atoms with Crippen LogP contribution in [0, 0.1) is 13.8 Å². The van der Waals surface area contributed by atoms with E-state index in [0.29, 0.717) is 12.0 Å². The van der Waals surface area contributed by atoms with E-state index in [-0.39, 0.29) is 0 Å². The van der Waals surface area contributed by atoms with Crippen LogP contribution in [-0.2, 0) is 0 Å². The van der Waals surface area contributed by atoms with Gasteiger partial charge in [0.25, 0.3) is 0 Å². The molecule has 0 radical (unpaired) electrons. The van der Waals surface area contributed by atoms with Crippen molar-refractivity contribution in [3.63, 3.8) is 0 Å². The Kier molecular flexibility index (Phi) is 4.48. The molecular weight excluding hydrogens is 296 g/mol. The normalized spacial score (nSPS) is 15.0. The summed E-state index contributed by atoms with van der Waals surface area (Å²) in [5, 5.41) is 7.54. The van der Waals surface area contributed by atoms with Crippen LogP contribution in [0.4, 0.5) is 17.5 Å². The highest BCUT2D eigenvalue weighted by Crippen LogP contribution is 2.26. The van der Waals surface area contributed by atoms with Gasteiger partial charge in [0.05, 0.1) is 0 Å². The second-order valence-electron chi connectivity index (χ2n) is 5.88. The van der Waals surface area contributed by atoms with E-state index in [0.717, 1.165) is 27.8 Å². The molecule has 0 aliphatic heterocycles. The van der Waals surface area contributed by atoms with Gasteiger partial charge in [-0.15, -0.1) is 0 Å². The maximum absolute atomic E-state index is 6.17. The molecule has 1 aromatic heterocycles. The van der Waals surface area contributed by atoms with E-state index >= 15 is 0 Å². The Morgan fingerprint density at radius 2 is 1.91 bits per heavy atom. The number of nitrogens with one attached hydrogen (secondary N) is 2. The predicted molar refractivity (Wildman–Crippen MR) is 92.1 cm³/mol. The topological polar surface area (TPSA) is 49.8 Å². The minimum absolute atomic E-state index is 0.502. The highest BCUT2D eigenvalue weighted by molar-refractivity contribution is 6.31. The molecule has 0 unspecified atom stereocenters. The maximum Gasteiger partial charge on any atom is 0.225 e. The van der Waals surface area contributed by atoms with E-state index in [9.17, 15) is 0 Å². The summed E-state index contributed by atoms with van der Waals surface area (Å²) in [7, 11) is 0. The molecule has 0 bridgehead atoms. The molecule has 116 valence electrons. The fourth-order valence-electron chi connectivity index (χ4n) is 2.83. The third-order valence-corrected chi connectivity index (χ3v) is 4.48. The van der Waals surface area contributed by atoms with Crippen LogP contribution in [0.25, 0.3) is 0 Å². The minimum atomic E-state index is 0.502. The smallest absolute Gasteiger partial charge is 0.225 e. The van der Waals surface area contributed by atoms with Crippen LogP contribution < -0.4 is 10.6 Å². The van der Waals surface area contributed by atoms with E-state index in [2.05, 4.69) is 20.6 Å². The van der Waals surface area contributed by atoms with Crippen molar-refractivity contribution in [2.24, 2.45) is 0 Å². The van der Waals surface area contributed by atoms with E-state index in [4.69, 9.17) is 11.6 Å². The van der Waals surface area contributed by atoms with Gasteiger partial charge >= 0.3 is 0 Å². The van der Waals surface area contributed by atoms with Gasteiger partial charge < -0.3 is 10.6 Å². The first-order chi connectivity index (χ1) is 10.6. The Bertz CT molecular complexity index is 666. The Morgan fingerprint density at radius 1 is 1.14 bits per heavy atom. The second-order valence-corrected chi connectivity index (χ2v) is 6.29. The van der Waals surface area contributed by atoms with Crippen molar-refractivity contribution < 1.29 is 0 Å². The van der Waals surface area contributed by atoms with Crippen LogP contribution in [-0.4, -0.2) is 16.0 Å². The third kappa shape index (κ3) is 3.50. The number of aryl methyl sites for hydroxylation is 1. The lowest BCUT2D eigenvalue weighted by Crippen LogP contribution is -2.17. The van der Waals surface area contributed by atoms with E-state index in [1.807, 2.05) is 38.1 Å². The van der Waals surface area contributed by atoms with Crippen molar-refractivity contribution >= 4 is 29.1 Å². The molecule has 1 aromatic carbocycles. The van der Waals surface area contributed by atoms with Crippen molar-refractivity contribution in [2.75, 3.05) is 10.6 Å². The number of rotatable bonds is 4. The average Bonchev–Trinajstić information content (AvgIpc) is 2.96. The first-order valence-electron chi connectivity index (χ1n) is 7.76. The molecule has 1 heterocycles. The largest absolute Gasteiger partial charge is 0.351 e. The van der Waals surface area contributed by atoms with Crippen LogP contribution in [0.2, 0.25) is 5.02 Å². The number of nitrogens with zero attached hydrogens (tertiary/aromatic N) is 2. The number of hydrogen-bond donors (Lipinski definition) is 2. The van der Waals surface area contributed by atoms with Crippen LogP contribution in [0.1, 0.15) is 36.9 Å². The number of benzene rings is 1. The third-order valence-electron chi connectivity index (χ3n) is 4.07. The van der Waals surface area contributed by atoms with Crippen molar-refractivity contribution in [2.45, 2.75) is 45.6 Å². The first kappa shape index (κ1) is 15.1. The number of aromatic nitrogens is 2. The number of halogens is 1. The molecule has 0 atom stereocenters. The number of hydrogen-bond acceptors (Lipinski definition) is 4. The van der Waals surface area contributed by atoms with Gasteiger partial charge in [0.1, 0.15) is 5.82 Å². The molecule has 5 heteroatoms. The van der Waals surface area contributed by atoms with Crippen LogP contribution >= 0.6 is 11.6 Å². The van der Waals surface area contributed by atoms with E-state index < -0.39 is 0 Å².